The zero-order chi connectivity index (χ0) is 11.9. The van der Waals surface area contributed by atoms with E-state index in [0.29, 0.717) is 0 Å². The van der Waals surface area contributed by atoms with Crippen LogP contribution in [-0.2, 0) is 29.4 Å². The van der Waals surface area contributed by atoms with Crippen molar-refractivity contribution in [2.75, 3.05) is 0 Å². The summed E-state index contributed by atoms with van der Waals surface area (Å²) in [6, 6.07) is 0. The Morgan fingerprint density at radius 1 is 0.600 bits per heavy atom. The summed E-state index contributed by atoms with van der Waals surface area (Å²) in [6.07, 6.45) is 0. The van der Waals surface area contributed by atoms with Gasteiger partial charge >= 0.3 is 22.6 Å². The first-order chi connectivity index (χ1) is 6.55. The Hall–Kier alpha value is -0.391. The molecule has 0 bridgehead atoms. The third kappa shape index (κ3) is 4.77. The number of hydrogen-bond donors (Lipinski definition) is 0. The van der Waals surface area contributed by atoms with Crippen molar-refractivity contribution in [2.24, 2.45) is 0 Å². The second-order valence-electron chi connectivity index (χ2n) is 3.12. The molecule has 1 aliphatic rings. The van der Waals surface area contributed by atoms with Gasteiger partial charge in [-0.1, -0.05) is 18.1 Å². The predicted molar refractivity (Wildman–Crippen MR) is 53.5 cm³/mol. The molecule has 0 N–H and O–H groups in total. The van der Waals surface area contributed by atoms with E-state index in [0.717, 1.165) is 0 Å². The largest absolute Gasteiger partial charge is 0 e. The molecule has 0 heterocycles. The fourth-order valence-corrected chi connectivity index (χ4v) is 1.41. The first-order valence-electron chi connectivity index (χ1n) is 4.16. The summed E-state index contributed by atoms with van der Waals surface area (Å²) in [6.45, 7) is 20.0. The molecule has 3 heteroatoms. The van der Waals surface area contributed by atoms with Gasteiger partial charge in [-0.2, -0.15) is 0 Å². The zero-order valence-corrected chi connectivity index (χ0v) is 12.0. The third-order valence-corrected chi connectivity index (χ3v) is 2.81. The van der Waals surface area contributed by atoms with Crippen molar-refractivity contribution in [3.63, 3.8) is 0 Å². The quantitative estimate of drug-likeness (QED) is 0.455. The monoisotopic (exact) mass is 384 g/mol. The van der Waals surface area contributed by atoms with E-state index >= 15 is 0 Å². The maximum absolute atomic E-state index is 7.50. The summed E-state index contributed by atoms with van der Waals surface area (Å²) in [7, 11) is 0. The van der Waals surface area contributed by atoms with Crippen molar-refractivity contribution in [1.29, 1.82) is 0 Å². The molecular formula is C12H15IrO2. The zero-order valence-electron chi connectivity index (χ0n) is 9.65. The normalized spacial score (nSPS) is 14.5. The molecule has 0 amide bonds. The summed E-state index contributed by atoms with van der Waals surface area (Å²) in [5.74, 6) is 1.47. The smallest absolute Gasteiger partial charge is 0 e. The van der Waals surface area contributed by atoms with Crippen LogP contribution in [0.2, 0.25) is 0 Å². The van der Waals surface area contributed by atoms with Crippen molar-refractivity contribution >= 4 is 0 Å². The molecule has 0 aliphatic heterocycles. The first kappa shape index (κ1) is 20.1. The summed E-state index contributed by atoms with van der Waals surface area (Å²) in [4.78, 5) is 0. The van der Waals surface area contributed by atoms with Gasteiger partial charge < -0.3 is 0 Å². The molecule has 0 atom stereocenters. The van der Waals surface area contributed by atoms with Gasteiger partial charge in [0.25, 0.3) is 0 Å². The Morgan fingerprint density at radius 3 is 0.867 bits per heavy atom. The van der Waals surface area contributed by atoms with E-state index in [4.69, 9.17) is 9.30 Å². The Balaban J connectivity index is -0.000000258. The van der Waals surface area contributed by atoms with E-state index in [1.807, 2.05) is 0 Å². The van der Waals surface area contributed by atoms with E-state index in [2.05, 4.69) is 47.9 Å². The Labute approximate surface area is 106 Å². The predicted octanol–water partition coefficient (Wildman–Crippen LogP) is 3.19. The van der Waals surface area contributed by atoms with Crippen molar-refractivity contribution in [3.05, 3.63) is 41.5 Å². The minimum atomic E-state index is 0. The Bertz CT molecular complexity index is 265. The van der Waals surface area contributed by atoms with Gasteiger partial charge in [-0.25, -0.2) is 0 Å². The molecule has 0 aromatic rings. The summed E-state index contributed by atoms with van der Waals surface area (Å²) in [5.41, 5.74) is 5.87. The van der Waals surface area contributed by atoms with E-state index in [1.165, 1.54) is 28.2 Å². The van der Waals surface area contributed by atoms with Crippen LogP contribution in [0.25, 0.3) is 0 Å². The van der Waals surface area contributed by atoms with E-state index < -0.39 is 0 Å². The summed E-state index contributed by atoms with van der Waals surface area (Å²) < 4.78 is 15.0. The minimum Gasteiger partial charge on any atom is 0 e. The van der Waals surface area contributed by atoms with Crippen LogP contribution in [0.4, 0.5) is 0 Å². The fraction of sp³-hybridized carbons (Fsp3) is 0.417. The third-order valence-electron chi connectivity index (χ3n) is 2.81. The summed E-state index contributed by atoms with van der Waals surface area (Å²) >= 11 is 0. The van der Waals surface area contributed by atoms with Gasteiger partial charge in [-0.3, -0.25) is 0 Å². The first-order valence-corrected chi connectivity index (χ1v) is 4.16. The molecule has 0 saturated carbocycles. The van der Waals surface area contributed by atoms with Crippen LogP contribution in [0.5, 0.6) is 0 Å². The molecule has 84 valence electrons. The number of rotatable bonds is 0. The van der Waals surface area contributed by atoms with Crippen molar-refractivity contribution in [1.82, 2.24) is 0 Å². The van der Waals surface area contributed by atoms with Crippen LogP contribution < -0.4 is 0 Å². The Morgan fingerprint density at radius 2 is 0.800 bits per heavy atom. The van der Waals surface area contributed by atoms with Crippen LogP contribution in [0, 0.1) is 19.2 Å². The molecule has 2 radical (unpaired) electrons. The molecule has 15 heavy (non-hydrogen) atoms. The summed E-state index contributed by atoms with van der Waals surface area (Å²) in [5, 5.41) is 0. The number of hydrogen-bond acceptors (Lipinski definition) is 0. The average molecular weight is 383 g/mol. The van der Waals surface area contributed by atoms with Crippen LogP contribution in [0.3, 0.4) is 0 Å². The van der Waals surface area contributed by atoms with Gasteiger partial charge in [0.15, 0.2) is 0 Å². The van der Waals surface area contributed by atoms with Crippen molar-refractivity contribution < 1.29 is 29.4 Å². The molecule has 0 spiro atoms. The van der Waals surface area contributed by atoms with E-state index in [-0.39, 0.29) is 20.1 Å². The van der Waals surface area contributed by atoms with E-state index in [9.17, 15) is 0 Å². The van der Waals surface area contributed by atoms with Gasteiger partial charge in [0.1, 0.15) is 0 Å². The van der Waals surface area contributed by atoms with Gasteiger partial charge in [0.2, 0.25) is 0 Å². The topological polar surface area (TPSA) is 39.8 Å². The maximum Gasteiger partial charge on any atom is 0 e. The minimum absolute atomic E-state index is 0. The van der Waals surface area contributed by atoms with Crippen LogP contribution >= 0.6 is 0 Å². The maximum atomic E-state index is 7.50. The van der Waals surface area contributed by atoms with Gasteiger partial charge in [-0.05, 0) is 38.8 Å². The number of allylic oxidation sites excluding steroid dienone is 4. The molecule has 0 aromatic carbocycles. The molecule has 0 saturated heterocycles. The second kappa shape index (κ2) is 10.1. The molecule has 0 unspecified atom stereocenters. The van der Waals surface area contributed by atoms with Gasteiger partial charge in [0.05, 0.1) is 0 Å². The SMILES string of the molecule is C[C]1C(C)=C(C)C(C)=C1C.[C-]#[O+].[C-]#[O+].[Ir]. The molecule has 0 aromatic heterocycles. The molecule has 1 aliphatic carbocycles. The molecular weight excluding hydrogens is 368 g/mol. The molecule has 2 nitrogen and oxygen atoms in total. The Kier molecular flexibility index (Phi) is 13.6. The van der Waals surface area contributed by atoms with Crippen molar-refractivity contribution in [3.8, 4) is 0 Å². The van der Waals surface area contributed by atoms with Crippen LogP contribution in [0.1, 0.15) is 34.6 Å². The fourth-order valence-electron chi connectivity index (χ4n) is 1.41. The average Bonchev–Trinajstić information content (AvgIpc) is 2.42. The molecule has 1 rings (SSSR count). The standard InChI is InChI=1S/C10H15.2CO.Ir/c1-6-7(2)9(4)10(5)8(6)3;2*1-2;/h1-5H3;;;. The van der Waals surface area contributed by atoms with E-state index in [1.54, 1.807) is 0 Å². The van der Waals surface area contributed by atoms with Crippen LogP contribution in [-0.4, -0.2) is 0 Å². The van der Waals surface area contributed by atoms with Crippen molar-refractivity contribution in [2.45, 2.75) is 34.6 Å². The molecule has 0 fully saturated rings. The second-order valence-corrected chi connectivity index (χ2v) is 3.12. The van der Waals surface area contributed by atoms with Gasteiger partial charge in [-0.15, -0.1) is 0 Å². The van der Waals surface area contributed by atoms with Gasteiger partial charge in [0, 0.05) is 26.0 Å². The van der Waals surface area contributed by atoms with Crippen LogP contribution in [0.15, 0.2) is 22.3 Å².